The molecule has 2 N–H and O–H groups in total. The van der Waals surface area contributed by atoms with E-state index in [1.54, 1.807) is 13.0 Å². The molecule has 0 aliphatic rings. The molecule has 1 rings (SSSR count). The highest BCUT2D eigenvalue weighted by molar-refractivity contribution is 5.92. The standard InChI is InChI=1S/C11H13NO2/c1-8(11(13)14)7-9-5-3-4-6-10(9)12-2/h3-7,12H,1-2H3,(H,13,14)/b8-7+. The van der Waals surface area contributed by atoms with E-state index in [1.165, 1.54) is 0 Å². The van der Waals surface area contributed by atoms with Crippen molar-refractivity contribution < 1.29 is 9.90 Å². The lowest BCUT2D eigenvalue weighted by molar-refractivity contribution is -0.132. The Labute approximate surface area is 83.1 Å². The number of anilines is 1. The van der Waals surface area contributed by atoms with E-state index in [9.17, 15) is 4.79 Å². The van der Waals surface area contributed by atoms with Gasteiger partial charge in [0.25, 0.3) is 0 Å². The van der Waals surface area contributed by atoms with Crippen LogP contribution in [0.15, 0.2) is 29.8 Å². The molecule has 0 unspecified atom stereocenters. The third-order valence-corrected chi connectivity index (χ3v) is 1.94. The van der Waals surface area contributed by atoms with E-state index in [0.29, 0.717) is 5.57 Å². The van der Waals surface area contributed by atoms with Gasteiger partial charge in [0.15, 0.2) is 0 Å². The number of rotatable bonds is 3. The van der Waals surface area contributed by atoms with Gasteiger partial charge in [-0.2, -0.15) is 0 Å². The Kier molecular flexibility index (Phi) is 3.29. The van der Waals surface area contributed by atoms with Gasteiger partial charge in [-0.05, 0) is 24.6 Å². The summed E-state index contributed by atoms with van der Waals surface area (Å²) in [6.07, 6.45) is 1.65. The van der Waals surface area contributed by atoms with Crippen molar-refractivity contribution in [3.8, 4) is 0 Å². The Morgan fingerprint density at radius 2 is 2.07 bits per heavy atom. The fraction of sp³-hybridized carbons (Fsp3) is 0.182. The Morgan fingerprint density at radius 3 is 2.64 bits per heavy atom. The summed E-state index contributed by atoms with van der Waals surface area (Å²) in [4.78, 5) is 10.6. The molecule has 3 nitrogen and oxygen atoms in total. The molecule has 0 aliphatic heterocycles. The number of para-hydroxylation sites is 1. The van der Waals surface area contributed by atoms with Gasteiger partial charge < -0.3 is 10.4 Å². The van der Waals surface area contributed by atoms with Crippen molar-refractivity contribution in [2.24, 2.45) is 0 Å². The van der Waals surface area contributed by atoms with Crippen LogP contribution in [0.2, 0.25) is 0 Å². The predicted molar refractivity (Wildman–Crippen MR) is 57.3 cm³/mol. The van der Waals surface area contributed by atoms with E-state index in [1.807, 2.05) is 31.3 Å². The van der Waals surface area contributed by atoms with Gasteiger partial charge in [0, 0.05) is 18.3 Å². The van der Waals surface area contributed by atoms with Crippen molar-refractivity contribution in [2.45, 2.75) is 6.92 Å². The van der Waals surface area contributed by atoms with Gasteiger partial charge in [0.1, 0.15) is 0 Å². The number of hydrogen-bond donors (Lipinski definition) is 2. The minimum Gasteiger partial charge on any atom is -0.478 e. The van der Waals surface area contributed by atoms with Gasteiger partial charge in [-0.3, -0.25) is 0 Å². The molecule has 0 saturated heterocycles. The largest absolute Gasteiger partial charge is 0.478 e. The zero-order valence-corrected chi connectivity index (χ0v) is 8.24. The molecule has 74 valence electrons. The van der Waals surface area contributed by atoms with Gasteiger partial charge in [-0.1, -0.05) is 18.2 Å². The first-order chi connectivity index (χ1) is 6.65. The van der Waals surface area contributed by atoms with Crippen molar-refractivity contribution in [2.75, 3.05) is 12.4 Å². The second kappa shape index (κ2) is 4.46. The molecule has 0 bridgehead atoms. The fourth-order valence-electron chi connectivity index (χ4n) is 1.15. The zero-order chi connectivity index (χ0) is 10.6. The smallest absolute Gasteiger partial charge is 0.331 e. The number of aliphatic carboxylic acids is 1. The highest BCUT2D eigenvalue weighted by Gasteiger charge is 2.01. The Hall–Kier alpha value is -1.77. The lowest BCUT2D eigenvalue weighted by Gasteiger charge is -2.04. The molecule has 0 aromatic heterocycles. The van der Waals surface area contributed by atoms with E-state index in [4.69, 9.17) is 5.11 Å². The van der Waals surface area contributed by atoms with Crippen LogP contribution in [0.5, 0.6) is 0 Å². The topological polar surface area (TPSA) is 49.3 Å². The third kappa shape index (κ3) is 2.36. The first kappa shape index (κ1) is 10.3. The minimum absolute atomic E-state index is 0.327. The summed E-state index contributed by atoms with van der Waals surface area (Å²) in [5.74, 6) is -0.893. The molecule has 1 aromatic rings. The van der Waals surface area contributed by atoms with Crippen LogP contribution in [0, 0.1) is 0 Å². The summed E-state index contributed by atoms with van der Waals surface area (Å²) in [5.41, 5.74) is 2.13. The van der Waals surface area contributed by atoms with E-state index in [-0.39, 0.29) is 0 Å². The molecule has 0 saturated carbocycles. The first-order valence-electron chi connectivity index (χ1n) is 4.33. The molecule has 0 aliphatic carbocycles. The Bertz CT molecular complexity index is 369. The van der Waals surface area contributed by atoms with Crippen LogP contribution in [-0.2, 0) is 4.79 Å². The van der Waals surface area contributed by atoms with E-state index in [0.717, 1.165) is 11.3 Å². The highest BCUT2D eigenvalue weighted by Crippen LogP contribution is 2.17. The maximum atomic E-state index is 10.6. The van der Waals surface area contributed by atoms with Crippen LogP contribution < -0.4 is 5.32 Å². The van der Waals surface area contributed by atoms with Gasteiger partial charge in [0.05, 0.1) is 0 Å². The summed E-state index contributed by atoms with van der Waals surface area (Å²) < 4.78 is 0. The summed E-state index contributed by atoms with van der Waals surface area (Å²) in [6, 6.07) is 7.56. The quantitative estimate of drug-likeness (QED) is 0.720. The van der Waals surface area contributed by atoms with Crippen LogP contribution in [0.3, 0.4) is 0 Å². The summed E-state index contributed by atoms with van der Waals surface area (Å²) >= 11 is 0. The molecule has 0 atom stereocenters. The third-order valence-electron chi connectivity index (χ3n) is 1.94. The van der Waals surface area contributed by atoms with Gasteiger partial charge >= 0.3 is 5.97 Å². The number of benzene rings is 1. The average molecular weight is 191 g/mol. The molecular weight excluding hydrogens is 178 g/mol. The molecule has 0 radical (unpaired) electrons. The normalized spacial score (nSPS) is 11.1. The second-order valence-electron chi connectivity index (χ2n) is 2.97. The van der Waals surface area contributed by atoms with Crippen molar-refractivity contribution in [3.05, 3.63) is 35.4 Å². The molecule has 14 heavy (non-hydrogen) atoms. The van der Waals surface area contributed by atoms with E-state index in [2.05, 4.69) is 5.32 Å². The van der Waals surface area contributed by atoms with Crippen molar-refractivity contribution in [1.82, 2.24) is 0 Å². The highest BCUT2D eigenvalue weighted by atomic mass is 16.4. The van der Waals surface area contributed by atoms with Crippen molar-refractivity contribution in [1.29, 1.82) is 0 Å². The molecule has 0 heterocycles. The Morgan fingerprint density at radius 1 is 1.43 bits per heavy atom. The van der Waals surface area contributed by atoms with Crippen LogP contribution in [0.25, 0.3) is 6.08 Å². The average Bonchev–Trinajstić information content (AvgIpc) is 2.18. The van der Waals surface area contributed by atoms with Crippen LogP contribution in [0.4, 0.5) is 5.69 Å². The van der Waals surface area contributed by atoms with E-state index < -0.39 is 5.97 Å². The summed E-state index contributed by atoms with van der Waals surface area (Å²) in [5, 5.41) is 11.7. The number of carboxylic acid groups (broad SMARTS) is 1. The zero-order valence-electron chi connectivity index (χ0n) is 8.24. The summed E-state index contributed by atoms with van der Waals surface area (Å²) in [6.45, 7) is 1.58. The fourth-order valence-corrected chi connectivity index (χ4v) is 1.15. The first-order valence-corrected chi connectivity index (χ1v) is 4.33. The van der Waals surface area contributed by atoms with Crippen LogP contribution in [0.1, 0.15) is 12.5 Å². The molecule has 0 amide bonds. The van der Waals surface area contributed by atoms with Crippen LogP contribution >= 0.6 is 0 Å². The maximum absolute atomic E-state index is 10.6. The number of nitrogens with one attached hydrogen (secondary N) is 1. The summed E-state index contributed by atoms with van der Waals surface area (Å²) in [7, 11) is 1.81. The van der Waals surface area contributed by atoms with Gasteiger partial charge in [0.2, 0.25) is 0 Å². The second-order valence-corrected chi connectivity index (χ2v) is 2.97. The van der Waals surface area contributed by atoms with Crippen LogP contribution in [-0.4, -0.2) is 18.1 Å². The number of carbonyl (C=O) groups is 1. The lowest BCUT2D eigenvalue weighted by atomic mass is 10.1. The van der Waals surface area contributed by atoms with Gasteiger partial charge in [-0.25, -0.2) is 4.79 Å². The van der Waals surface area contributed by atoms with Crippen molar-refractivity contribution in [3.63, 3.8) is 0 Å². The monoisotopic (exact) mass is 191 g/mol. The molecule has 0 fully saturated rings. The number of carboxylic acids is 1. The molecule has 1 aromatic carbocycles. The molecule has 3 heteroatoms. The Balaban J connectivity index is 3.07. The molecular formula is C11H13NO2. The minimum atomic E-state index is -0.893. The lowest BCUT2D eigenvalue weighted by Crippen LogP contribution is -1.97. The van der Waals surface area contributed by atoms with Crippen molar-refractivity contribution >= 4 is 17.7 Å². The van der Waals surface area contributed by atoms with Gasteiger partial charge in [-0.15, -0.1) is 0 Å². The maximum Gasteiger partial charge on any atom is 0.331 e. The predicted octanol–water partition coefficient (Wildman–Crippen LogP) is 2.22. The number of hydrogen-bond acceptors (Lipinski definition) is 2. The SMILES string of the molecule is CNc1ccccc1/C=C(\C)C(=O)O. The molecule has 0 spiro atoms. The van der Waals surface area contributed by atoms with E-state index >= 15 is 0 Å².